The van der Waals surface area contributed by atoms with Crippen LogP contribution in [0.15, 0.2) is 18.3 Å². The van der Waals surface area contributed by atoms with Crippen LogP contribution < -0.4 is 14.8 Å². The maximum absolute atomic E-state index is 12.4. The normalized spacial score (nSPS) is 24.3. The van der Waals surface area contributed by atoms with E-state index in [0.717, 1.165) is 25.7 Å². The summed E-state index contributed by atoms with van der Waals surface area (Å²) in [5, 5.41) is 3.26. The molecule has 140 valence electrons. The highest BCUT2D eigenvalue weighted by Crippen LogP contribution is 2.46. The summed E-state index contributed by atoms with van der Waals surface area (Å²) in [5.41, 5.74) is -0.0359. The predicted octanol–water partition coefficient (Wildman–Crippen LogP) is 1.52. The quantitative estimate of drug-likeness (QED) is 0.634. The van der Waals surface area contributed by atoms with Crippen molar-refractivity contribution in [3.8, 4) is 11.6 Å². The Morgan fingerprint density at radius 3 is 2.77 bits per heavy atom. The maximum Gasteiger partial charge on any atom is 0.257 e. The van der Waals surface area contributed by atoms with Crippen molar-refractivity contribution in [1.29, 1.82) is 0 Å². The molecule has 1 aliphatic carbocycles. The van der Waals surface area contributed by atoms with Gasteiger partial charge in [0.1, 0.15) is 12.7 Å². The summed E-state index contributed by atoms with van der Waals surface area (Å²) in [6, 6.07) is 3.64. The first-order chi connectivity index (χ1) is 12.7. The number of piperidine rings is 1. The topological polar surface area (TPSA) is 80.8 Å². The average Bonchev–Trinajstić information content (AvgIpc) is 3.07. The van der Waals surface area contributed by atoms with Crippen LogP contribution >= 0.6 is 0 Å². The molecule has 2 amide bonds. The number of likely N-dealkylation sites (tertiary alicyclic amines) is 1. The molecule has 1 unspecified atom stereocenters. The Morgan fingerprint density at radius 1 is 1.23 bits per heavy atom. The second-order valence-corrected chi connectivity index (χ2v) is 7.56. The number of rotatable bonds is 5. The highest BCUT2D eigenvalue weighted by molar-refractivity contribution is 5.98. The van der Waals surface area contributed by atoms with Gasteiger partial charge in [-0.1, -0.05) is 12.8 Å². The molecule has 26 heavy (non-hydrogen) atoms. The molecule has 2 aliphatic heterocycles. The highest BCUT2D eigenvalue weighted by Gasteiger charge is 2.44. The van der Waals surface area contributed by atoms with Gasteiger partial charge in [0, 0.05) is 38.7 Å². The van der Waals surface area contributed by atoms with Gasteiger partial charge < -0.3 is 14.8 Å². The van der Waals surface area contributed by atoms with E-state index in [9.17, 15) is 9.59 Å². The lowest BCUT2D eigenvalue weighted by Gasteiger charge is -2.37. The number of hydrogen-bond acceptors (Lipinski definition) is 6. The second kappa shape index (κ2) is 7.23. The number of aromatic nitrogens is 1. The molecule has 1 atom stereocenters. The summed E-state index contributed by atoms with van der Waals surface area (Å²) < 4.78 is 11.4. The third-order valence-corrected chi connectivity index (χ3v) is 5.64. The molecule has 0 bridgehead atoms. The lowest BCUT2D eigenvalue weighted by Crippen LogP contribution is -2.50. The molecule has 3 heterocycles. The molecule has 1 spiro atoms. The lowest BCUT2D eigenvalue weighted by atomic mass is 9.76. The molecule has 1 saturated heterocycles. The van der Waals surface area contributed by atoms with Gasteiger partial charge in [0.15, 0.2) is 5.75 Å². The molecule has 1 saturated carbocycles. The largest absolute Gasteiger partial charge is 0.484 e. The van der Waals surface area contributed by atoms with Crippen LogP contribution in [0, 0.1) is 5.41 Å². The summed E-state index contributed by atoms with van der Waals surface area (Å²) in [6.07, 6.45) is 6.92. The van der Waals surface area contributed by atoms with Crippen LogP contribution in [-0.2, 0) is 9.59 Å². The van der Waals surface area contributed by atoms with Crippen LogP contribution in [0.5, 0.6) is 11.6 Å². The first-order valence-electron chi connectivity index (χ1n) is 9.44. The molecule has 4 rings (SSSR count). The highest BCUT2D eigenvalue weighted by atomic mass is 16.6. The fraction of sp³-hybridized carbons (Fsp3) is 0.632. The Morgan fingerprint density at radius 2 is 2.00 bits per heavy atom. The van der Waals surface area contributed by atoms with Gasteiger partial charge in [-0.15, -0.1) is 0 Å². The van der Waals surface area contributed by atoms with Crippen LogP contribution in [0.1, 0.15) is 38.5 Å². The van der Waals surface area contributed by atoms with E-state index in [0.29, 0.717) is 50.7 Å². The van der Waals surface area contributed by atoms with Gasteiger partial charge >= 0.3 is 0 Å². The monoisotopic (exact) mass is 359 g/mol. The fourth-order valence-electron chi connectivity index (χ4n) is 4.27. The molecule has 2 fully saturated rings. The second-order valence-electron chi connectivity index (χ2n) is 7.56. The van der Waals surface area contributed by atoms with E-state index >= 15 is 0 Å². The minimum atomic E-state index is -0.132. The summed E-state index contributed by atoms with van der Waals surface area (Å²) in [7, 11) is 0. The zero-order chi connectivity index (χ0) is 18.0. The van der Waals surface area contributed by atoms with Crippen LogP contribution in [0.3, 0.4) is 0 Å². The maximum atomic E-state index is 12.4. The third kappa shape index (κ3) is 3.53. The molecule has 0 aromatic carbocycles. The van der Waals surface area contributed by atoms with Crippen molar-refractivity contribution in [3.05, 3.63) is 18.3 Å². The minimum Gasteiger partial charge on any atom is -0.484 e. The van der Waals surface area contributed by atoms with Gasteiger partial charge in [-0.3, -0.25) is 14.5 Å². The number of pyridine rings is 1. The molecule has 0 radical (unpaired) electrons. The van der Waals surface area contributed by atoms with E-state index in [-0.39, 0.29) is 23.3 Å². The Labute approximate surface area is 153 Å². The third-order valence-electron chi connectivity index (χ3n) is 5.64. The van der Waals surface area contributed by atoms with Gasteiger partial charge in [0.05, 0.1) is 0 Å². The standard InChI is InChI=1S/C19H25N3O4/c23-16-10-19(5-1-2-6-19)11-17(24)22(16)9-8-20-12-14-13-25-15-4-3-7-21-18(15)26-14/h3-4,7,14,20H,1-2,5-6,8-13H2. The first kappa shape index (κ1) is 17.3. The molecule has 7 nitrogen and oxygen atoms in total. The summed E-state index contributed by atoms with van der Waals surface area (Å²) in [5.74, 6) is 1.14. The first-order valence-corrected chi connectivity index (χ1v) is 9.44. The van der Waals surface area contributed by atoms with E-state index in [1.165, 1.54) is 4.90 Å². The van der Waals surface area contributed by atoms with Crippen molar-refractivity contribution in [2.45, 2.75) is 44.6 Å². The Balaban J connectivity index is 1.22. The van der Waals surface area contributed by atoms with E-state index in [1.807, 2.05) is 12.1 Å². The summed E-state index contributed by atoms with van der Waals surface area (Å²) in [4.78, 5) is 30.4. The van der Waals surface area contributed by atoms with Crippen LogP contribution in [0.25, 0.3) is 0 Å². The van der Waals surface area contributed by atoms with Crippen LogP contribution in [0.2, 0.25) is 0 Å². The minimum absolute atomic E-state index is 0.0136. The zero-order valence-corrected chi connectivity index (χ0v) is 14.9. The molecule has 1 aromatic heterocycles. The van der Waals surface area contributed by atoms with E-state index in [4.69, 9.17) is 9.47 Å². The van der Waals surface area contributed by atoms with Gasteiger partial charge in [0.2, 0.25) is 11.8 Å². The van der Waals surface area contributed by atoms with Gasteiger partial charge in [0.25, 0.3) is 5.88 Å². The van der Waals surface area contributed by atoms with Crippen LogP contribution in [0.4, 0.5) is 0 Å². The molecule has 1 N–H and O–H groups in total. The number of ether oxygens (including phenoxy) is 2. The summed E-state index contributed by atoms with van der Waals surface area (Å²) >= 11 is 0. The van der Waals surface area contributed by atoms with E-state index in [1.54, 1.807) is 6.20 Å². The van der Waals surface area contributed by atoms with Gasteiger partial charge in [-0.2, -0.15) is 0 Å². The zero-order valence-electron chi connectivity index (χ0n) is 14.9. The average molecular weight is 359 g/mol. The number of hydrogen-bond donors (Lipinski definition) is 1. The van der Waals surface area contributed by atoms with E-state index in [2.05, 4.69) is 10.3 Å². The van der Waals surface area contributed by atoms with Crippen molar-refractivity contribution in [3.63, 3.8) is 0 Å². The van der Waals surface area contributed by atoms with Crippen molar-refractivity contribution in [2.24, 2.45) is 5.41 Å². The van der Waals surface area contributed by atoms with Crippen molar-refractivity contribution < 1.29 is 19.1 Å². The number of nitrogens with one attached hydrogen (secondary N) is 1. The number of carbonyl (C=O) groups is 2. The lowest BCUT2D eigenvalue weighted by molar-refractivity contribution is -0.153. The smallest absolute Gasteiger partial charge is 0.257 e. The molecule has 1 aromatic rings. The van der Waals surface area contributed by atoms with Crippen LogP contribution in [-0.4, -0.2) is 54.0 Å². The van der Waals surface area contributed by atoms with Crippen molar-refractivity contribution in [1.82, 2.24) is 15.2 Å². The Hall–Kier alpha value is -2.15. The number of fused-ring (bicyclic) bond motifs is 1. The number of imide groups is 1. The molecular formula is C19H25N3O4. The fourth-order valence-corrected chi connectivity index (χ4v) is 4.27. The SMILES string of the molecule is O=C1CC2(CCCC2)CC(=O)N1CCNCC1COc2cccnc2O1. The predicted molar refractivity (Wildman–Crippen MR) is 93.9 cm³/mol. The Kier molecular flexibility index (Phi) is 4.80. The number of nitrogens with zero attached hydrogens (tertiary/aromatic N) is 2. The molecule has 3 aliphatic rings. The van der Waals surface area contributed by atoms with E-state index < -0.39 is 0 Å². The Bertz CT molecular complexity index is 667. The molecule has 7 heteroatoms. The van der Waals surface area contributed by atoms with Gasteiger partial charge in [-0.25, -0.2) is 4.98 Å². The number of amides is 2. The van der Waals surface area contributed by atoms with Crippen molar-refractivity contribution >= 4 is 11.8 Å². The number of carbonyl (C=O) groups excluding carboxylic acids is 2. The van der Waals surface area contributed by atoms with Gasteiger partial charge in [-0.05, 0) is 30.4 Å². The van der Waals surface area contributed by atoms with Crippen molar-refractivity contribution in [2.75, 3.05) is 26.2 Å². The molecular weight excluding hydrogens is 334 g/mol. The summed E-state index contributed by atoms with van der Waals surface area (Å²) in [6.45, 7) is 2.00.